The van der Waals surface area contributed by atoms with E-state index in [0.717, 1.165) is 7.05 Å². The van der Waals surface area contributed by atoms with Crippen molar-refractivity contribution in [1.82, 2.24) is 15.5 Å². The molecule has 3 N–H and O–H groups in total. The molecule has 0 aliphatic carbocycles. The first kappa shape index (κ1) is 6.96. The highest BCUT2D eigenvalue weighted by Crippen LogP contribution is 2.24. The molecule has 1 aromatic rings. The van der Waals surface area contributed by atoms with Crippen LogP contribution in [0.4, 0.5) is 0 Å². The summed E-state index contributed by atoms with van der Waals surface area (Å²) < 4.78 is 134. The predicted molar refractivity (Wildman–Crippen MR) is 97.1 cm³/mol. The van der Waals surface area contributed by atoms with E-state index in [4.69, 9.17) is 23.3 Å². The van der Waals surface area contributed by atoms with Gasteiger partial charge in [0, 0.05) is 28.6 Å². The second-order valence-electron chi connectivity index (χ2n) is 5.13. The van der Waals surface area contributed by atoms with Gasteiger partial charge in [0.25, 0.3) is 0 Å². The SMILES string of the molecule is [2H]c1c([2H])c([2H])c2c(c1[2H])[C@H](NC(=O)[C@]([2H])(C)NC(=O)[C@@]([2H])(O)C([2H])(C([2H])([2H])[2H])C([2H])([2H])[2H])C(=O)N(C)C([2H])([2H])C2([2H])[2H]. The van der Waals surface area contributed by atoms with Crippen molar-refractivity contribution in [3.8, 4) is 0 Å². The first-order valence-electron chi connectivity index (χ1n) is 15.6. The molecule has 0 aromatic heterocycles. The Morgan fingerprint density at radius 2 is 2.12 bits per heavy atom. The van der Waals surface area contributed by atoms with Crippen LogP contribution in [0.5, 0.6) is 0 Å². The van der Waals surface area contributed by atoms with Crippen molar-refractivity contribution >= 4 is 17.7 Å². The Kier molecular flexibility index (Phi) is 2.23. The Labute approximate surface area is 177 Å². The fourth-order valence-corrected chi connectivity index (χ4v) is 1.92. The Morgan fingerprint density at radius 1 is 1.42 bits per heavy atom. The number of carbonyl (C=O) groups is 3. The number of nitrogens with zero attached hydrogens (tertiary/aromatic N) is 1. The van der Waals surface area contributed by atoms with E-state index in [2.05, 4.69) is 0 Å². The van der Waals surface area contributed by atoms with E-state index in [-0.39, 0.29) is 4.90 Å². The lowest BCUT2D eigenvalue weighted by atomic mass is 9.99. The minimum atomic E-state index is -4.34. The number of hydrogen-bond donors (Lipinski definition) is 3. The lowest BCUT2D eigenvalue weighted by Gasteiger charge is -2.24. The van der Waals surface area contributed by atoms with Crippen LogP contribution in [0.15, 0.2) is 24.2 Å². The standard InChI is InChI=1S/C19H27N3O4/c1-11(2)16(23)18(25)20-12(3)17(24)21-15-14-8-6-5-7-13(14)9-10-22(4)19(15)26/h5-8,11-12,15-16,23H,9-10H2,1-4H3,(H,20,25)(H,21,24)/t12-,15-,16-/m0/s1/i1D3,2D3,5D,6D,7D,8D,9D2,10D2,11D,12D,16D. The number of fused-ring (bicyclic) bond motifs is 1. The maximum absolute atomic E-state index is 13.4. The highest BCUT2D eigenvalue weighted by atomic mass is 16.3. The van der Waals surface area contributed by atoms with Crippen molar-refractivity contribution < 1.29 is 42.8 Å². The summed E-state index contributed by atoms with van der Waals surface area (Å²) in [5, 5.41) is 13.7. The third-order valence-corrected chi connectivity index (χ3v) is 3.30. The Morgan fingerprint density at radius 3 is 2.81 bits per heavy atom. The summed E-state index contributed by atoms with van der Waals surface area (Å²) in [5.74, 6) is -9.74. The molecule has 0 unspecified atom stereocenters. The largest absolute Gasteiger partial charge is 0.383 e. The average molecular weight is 379 g/mol. The number of nitrogens with one attached hydrogen (secondary N) is 2. The van der Waals surface area contributed by atoms with Gasteiger partial charge in [-0.3, -0.25) is 14.4 Å². The fourth-order valence-electron chi connectivity index (χ4n) is 1.92. The third-order valence-electron chi connectivity index (χ3n) is 3.30. The van der Waals surface area contributed by atoms with Gasteiger partial charge in [0.2, 0.25) is 17.7 Å². The van der Waals surface area contributed by atoms with Crippen LogP contribution in [0.1, 0.15) is 61.1 Å². The zero-order valence-electron chi connectivity index (χ0n) is 30.7. The molecule has 0 spiro atoms. The van der Waals surface area contributed by atoms with E-state index in [1.54, 1.807) is 0 Å². The molecule has 0 saturated heterocycles. The van der Waals surface area contributed by atoms with Crippen molar-refractivity contribution in [2.75, 3.05) is 13.5 Å². The zero-order chi connectivity index (χ0) is 34.3. The molecule has 1 heterocycles. The van der Waals surface area contributed by atoms with E-state index in [0.29, 0.717) is 6.92 Å². The number of hydrogen-bond acceptors (Lipinski definition) is 4. The number of aliphatic hydroxyl groups is 1. The molecule has 3 amide bonds. The molecule has 0 fully saturated rings. The van der Waals surface area contributed by atoms with Crippen molar-refractivity contribution in [2.45, 2.75) is 45.1 Å². The third kappa shape index (κ3) is 4.40. The molecule has 7 heteroatoms. The monoisotopic (exact) mass is 378 g/mol. The highest BCUT2D eigenvalue weighted by Gasteiger charge is 2.32. The van der Waals surface area contributed by atoms with Gasteiger partial charge in [-0.1, -0.05) is 37.9 Å². The van der Waals surface area contributed by atoms with E-state index in [9.17, 15) is 19.5 Å². The smallest absolute Gasteiger partial charge is 0.249 e. The van der Waals surface area contributed by atoms with Crippen LogP contribution in [-0.2, 0) is 20.8 Å². The van der Waals surface area contributed by atoms with Gasteiger partial charge in [0.05, 0.1) is 8.22 Å². The van der Waals surface area contributed by atoms with E-state index < -0.39 is 104 Å². The van der Waals surface area contributed by atoms with Crippen LogP contribution >= 0.6 is 0 Å². The van der Waals surface area contributed by atoms with E-state index >= 15 is 0 Å². The molecule has 26 heavy (non-hydrogen) atoms. The average Bonchev–Trinajstić information content (AvgIpc) is 2.87. The second-order valence-corrected chi connectivity index (χ2v) is 5.13. The number of rotatable bonds is 5. The van der Waals surface area contributed by atoms with Gasteiger partial charge in [-0.05, 0) is 30.3 Å². The Balaban J connectivity index is 2.67. The van der Waals surface area contributed by atoms with Crippen molar-refractivity contribution in [2.24, 2.45) is 5.89 Å². The van der Waals surface area contributed by atoms with E-state index in [1.165, 1.54) is 5.32 Å². The summed E-state index contributed by atoms with van der Waals surface area (Å²) in [6.45, 7) is -10.7. The normalized spacial score (nSPS) is 36.6. The Bertz CT molecular complexity index is 1340. The summed E-state index contributed by atoms with van der Waals surface area (Å²) in [6, 6.07) is -9.60. The van der Waals surface area contributed by atoms with Crippen LogP contribution < -0.4 is 10.6 Å². The summed E-state index contributed by atoms with van der Waals surface area (Å²) >= 11 is 0. The van der Waals surface area contributed by atoms with Gasteiger partial charge >= 0.3 is 0 Å². The first-order chi connectivity index (χ1) is 18.9. The lowest BCUT2D eigenvalue weighted by molar-refractivity contribution is -0.137. The molecule has 2 rings (SSSR count). The molecular formula is C19H27N3O4. The minimum absolute atomic E-state index is 0.174. The van der Waals surface area contributed by atoms with Crippen LogP contribution in [0.2, 0.25) is 0 Å². The van der Waals surface area contributed by atoms with Gasteiger partial charge < -0.3 is 20.6 Å². The number of benzene rings is 1. The molecule has 3 atom stereocenters. The molecule has 142 valence electrons. The lowest BCUT2D eigenvalue weighted by Crippen LogP contribution is -2.51. The molecule has 1 aliphatic heterocycles. The summed E-state index contributed by atoms with van der Waals surface area (Å²) in [7, 11) is 0.765. The molecular weight excluding hydrogens is 334 g/mol. The number of carbonyl (C=O) groups excluding carboxylic acids is 3. The summed E-state index contributed by atoms with van der Waals surface area (Å²) in [4.78, 5) is 39.5. The zero-order valence-corrected chi connectivity index (χ0v) is 13.7. The van der Waals surface area contributed by atoms with Crippen molar-refractivity contribution in [3.63, 3.8) is 0 Å². The summed E-state index contributed by atoms with van der Waals surface area (Å²) in [5.41, 5.74) is -1.96. The maximum atomic E-state index is 13.4. The van der Waals surface area contributed by atoms with Crippen molar-refractivity contribution in [1.29, 1.82) is 0 Å². The molecule has 0 radical (unpaired) electrons. The van der Waals surface area contributed by atoms with Crippen LogP contribution in [0, 0.1) is 5.89 Å². The van der Waals surface area contributed by atoms with Crippen LogP contribution in [0.25, 0.3) is 0 Å². The quantitative estimate of drug-likeness (QED) is 0.690. The second kappa shape index (κ2) is 8.31. The minimum Gasteiger partial charge on any atom is -0.383 e. The molecule has 0 saturated carbocycles. The highest BCUT2D eigenvalue weighted by molar-refractivity contribution is 5.93. The maximum Gasteiger partial charge on any atom is 0.249 e. The van der Waals surface area contributed by atoms with Gasteiger partial charge in [0.1, 0.15) is 18.1 Å². The molecule has 1 aromatic carbocycles. The van der Waals surface area contributed by atoms with Crippen LogP contribution in [-0.4, -0.2) is 53.4 Å². The van der Waals surface area contributed by atoms with Gasteiger partial charge in [-0.2, -0.15) is 0 Å². The number of likely N-dealkylation sites (N-methyl/N-ethyl adjacent to an activating group) is 1. The fraction of sp³-hybridized carbons (Fsp3) is 0.526. The molecule has 0 bridgehead atoms. The van der Waals surface area contributed by atoms with Crippen LogP contribution in [0.3, 0.4) is 0 Å². The first-order valence-corrected chi connectivity index (χ1v) is 7.10. The van der Waals surface area contributed by atoms with E-state index in [1.807, 2.05) is 5.32 Å². The predicted octanol–water partition coefficient (Wildman–Crippen LogP) is 0.380. The molecule has 1 aliphatic rings. The Hall–Kier alpha value is -2.41. The van der Waals surface area contributed by atoms with Gasteiger partial charge in [-0.25, -0.2) is 0 Å². The van der Waals surface area contributed by atoms with Crippen molar-refractivity contribution in [3.05, 3.63) is 35.3 Å². The van der Waals surface area contributed by atoms with Gasteiger partial charge in [-0.15, -0.1) is 0 Å². The summed E-state index contributed by atoms with van der Waals surface area (Å²) in [6.07, 6.45) is -7.66. The van der Waals surface area contributed by atoms with Gasteiger partial charge in [0.15, 0.2) is 0 Å². The topological polar surface area (TPSA) is 98.7 Å². The molecule has 7 nitrogen and oxygen atoms in total. The number of amides is 3.